The third kappa shape index (κ3) is 5.18. The van der Waals surface area contributed by atoms with Gasteiger partial charge in [-0.2, -0.15) is 0 Å². The monoisotopic (exact) mass is 355 g/mol. The molecule has 8 heteroatoms. The maximum Gasteiger partial charge on any atom is 0.295 e. The number of halogens is 1. The Kier molecular flexibility index (Phi) is 5.95. The lowest BCUT2D eigenvalue weighted by molar-refractivity contribution is -0.115. The number of aromatic nitrogens is 2. The van der Waals surface area contributed by atoms with Crippen LogP contribution in [0.4, 0.5) is 10.1 Å². The third-order valence-corrected chi connectivity index (χ3v) is 4.83. The summed E-state index contributed by atoms with van der Waals surface area (Å²) in [5.41, 5.74) is 1.28. The van der Waals surface area contributed by atoms with Gasteiger partial charge in [-0.25, -0.2) is 4.39 Å². The van der Waals surface area contributed by atoms with E-state index in [2.05, 4.69) is 15.5 Å². The number of aryl methyl sites for hydroxylation is 1. The molecule has 1 N–H and O–H groups in total. The summed E-state index contributed by atoms with van der Waals surface area (Å²) in [6.45, 7) is 7.39. The zero-order valence-electron chi connectivity index (χ0n) is 13.3. The first-order valence-corrected chi connectivity index (χ1v) is 8.78. The van der Waals surface area contributed by atoms with Crippen molar-refractivity contribution in [3.63, 3.8) is 0 Å². The Bertz CT molecular complexity index is 691. The SMILES string of the molecule is Cc1ccc(F)cc1NC(=O)C(C)Sc1nnc(OC(C)C)s1. The van der Waals surface area contributed by atoms with Crippen LogP contribution in [0.15, 0.2) is 22.5 Å². The number of carbonyl (C=O) groups is 1. The van der Waals surface area contributed by atoms with Crippen LogP contribution < -0.4 is 10.1 Å². The number of hydrogen-bond acceptors (Lipinski definition) is 6. The van der Waals surface area contributed by atoms with Crippen molar-refractivity contribution in [3.8, 4) is 5.19 Å². The van der Waals surface area contributed by atoms with E-state index in [-0.39, 0.29) is 17.8 Å². The molecule has 0 aliphatic heterocycles. The van der Waals surface area contributed by atoms with Crippen molar-refractivity contribution < 1.29 is 13.9 Å². The van der Waals surface area contributed by atoms with Crippen LogP contribution in [-0.2, 0) is 4.79 Å². The number of nitrogens with zero attached hydrogens (tertiary/aromatic N) is 2. The first-order chi connectivity index (χ1) is 10.8. The van der Waals surface area contributed by atoms with Crippen molar-refractivity contribution in [3.05, 3.63) is 29.6 Å². The number of carbonyl (C=O) groups excluding carboxylic acids is 1. The van der Waals surface area contributed by atoms with Crippen LogP contribution in [0.1, 0.15) is 26.3 Å². The lowest BCUT2D eigenvalue weighted by atomic mass is 10.2. The second-order valence-corrected chi connectivity index (χ2v) is 7.74. The van der Waals surface area contributed by atoms with E-state index in [4.69, 9.17) is 4.74 Å². The summed E-state index contributed by atoms with van der Waals surface area (Å²) in [6, 6.07) is 4.30. The number of thioether (sulfide) groups is 1. The lowest BCUT2D eigenvalue weighted by Gasteiger charge is -2.12. The average molecular weight is 355 g/mol. The summed E-state index contributed by atoms with van der Waals surface area (Å²) in [5, 5.41) is 10.7. The van der Waals surface area contributed by atoms with Gasteiger partial charge in [0, 0.05) is 5.69 Å². The van der Waals surface area contributed by atoms with Crippen molar-refractivity contribution in [2.24, 2.45) is 0 Å². The third-order valence-electron chi connectivity index (χ3n) is 2.83. The molecule has 0 radical (unpaired) electrons. The number of ether oxygens (including phenoxy) is 1. The molecule has 1 heterocycles. The number of hydrogen-bond donors (Lipinski definition) is 1. The zero-order valence-corrected chi connectivity index (χ0v) is 14.9. The van der Waals surface area contributed by atoms with E-state index < -0.39 is 5.25 Å². The van der Waals surface area contributed by atoms with E-state index in [1.54, 1.807) is 13.0 Å². The minimum atomic E-state index is -0.391. The van der Waals surface area contributed by atoms with Gasteiger partial charge >= 0.3 is 0 Å². The fraction of sp³-hybridized carbons (Fsp3) is 0.400. The normalized spacial score (nSPS) is 12.3. The molecule has 2 rings (SSSR count). The molecule has 1 aromatic heterocycles. The highest BCUT2D eigenvalue weighted by Gasteiger charge is 2.18. The van der Waals surface area contributed by atoms with E-state index in [0.29, 0.717) is 15.2 Å². The fourth-order valence-electron chi connectivity index (χ4n) is 1.66. The number of benzene rings is 1. The highest BCUT2D eigenvalue weighted by molar-refractivity contribution is 8.02. The highest BCUT2D eigenvalue weighted by Crippen LogP contribution is 2.31. The topological polar surface area (TPSA) is 64.1 Å². The molecule has 0 saturated heterocycles. The maximum absolute atomic E-state index is 13.3. The number of anilines is 1. The molecule has 1 aromatic carbocycles. The van der Waals surface area contributed by atoms with Crippen LogP contribution in [0.3, 0.4) is 0 Å². The van der Waals surface area contributed by atoms with E-state index in [1.807, 2.05) is 20.8 Å². The molecule has 0 aliphatic rings. The first-order valence-electron chi connectivity index (χ1n) is 7.09. The lowest BCUT2D eigenvalue weighted by Crippen LogP contribution is -2.22. The van der Waals surface area contributed by atoms with Gasteiger partial charge in [0.2, 0.25) is 5.91 Å². The Morgan fingerprint density at radius 2 is 2.09 bits per heavy atom. The van der Waals surface area contributed by atoms with E-state index in [1.165, 1.54) is 35.2 Å². The summed E-state index contributed by atoms with van der Waals surface area (Å²) in [6.07, 6.45) is 0.0254. The molecule has 2 aromatic rings. The standard InChI is InChI=1S/C15H18FN3O2S2/c1-8(2)21-14-18-19-15(23-14)22-10(4)13(20)17-12-7-11(16)6-5-9(12)3/h5-8,10H,1-4H3,(H,17,20). The quantitative estimate of drug-likeness (QED) is 0.797. The van der Waals surface area contributed by atoms with Crippen molar-refractivity contribution >= 4 is 34.7 Å². The van der Waals surface area contributed by atoms with E-state index >= 15 is 0 Å². The molecule has 124 valence electrons. The van der Waals surface area contributed by atoms with Gasteiger partial charge in [-0.1, -0.05) is 22.9 Å². The zero-order chi connectivity index (χ0) is 17.0. The van der Waals surface area contributed by atoms with E-state index in [9.17, 15) is 9.18 Å². The summed E-state index contributed by atoms with van der Waals surface area (Å²) in [5.74, 6) is -0.601. The molecular formula is C15H18FN3O2S2. The van der Waals surface area contributed by atoms with Crippen LogP contribution in [0.2, 0.25) is 0 Å². The summed E-state index contributed by atoms with van der Waals surface area (Å²) < 4.78 is 19.4. The summed E-state index contributed by atoms with van der Waals surface area (Å²) >= 11 is 2.59. The molecular weight excluding hydrogens is 337 g/mol. The van der Waals surface area contributed by atoms with Crippen molar-refractivity contribution in [2.45, 2.75) is 43.4 Å². The molecule has 0 aliphatic carbocycles. The predicted octanol–water partition coefficient (Wildman–Crippen LogP) is 3.89. The van der Waals surface area contributed by atoms with Crippen LogP contribution in [0.5, 0.6) is 5.19 Å². The van der Waals surface area contributed by atoms with Gasteiger partial charge < -0.3 is 10.1 Å². The fourth-order valence-corrected chi connectivity index (χ4v) is 3.61. The Morgan fingerprint density at radius 1 is 1.35 bits per heavy atom. The first kappa shape index (κ1) is 17.7. The summed E-state index contributed by atoms with van der Waals surface area (Å²) in [4.78, 5) is 12.2. The number of rotatable bonds is 6. The van der Waals surface area contributed by atoms with Crippen molar-refractivity contribution in [1.82, 2.24) is 10.2 Å². The molecule has 23 heavy (non-hydrogen) atoms. The van der Waals surface area contributed by atoms with E-state index in [0.717, 1.165) is 5.56 Å². The number of nitrogens with one attached hydrogen (secondary N) is 1. The smallest absolute Gasteiger partial charge is 0.295 e. The van der Waals surface area contributed by atoms with Crippen LogP contribution in [0.25, 0.3) is 0 Å². The minimum Gasteiger partial charge on any atom is -0.466 e. The molecule has 5 nitrogen and oxygen atoms in total. The Balaban J connectivity index is 1.97. The van der Waals surface area contributed by atoms with Crippen molar-refractivity contribution in [1.29, 1.82) is 0 Å². The molecule has 0 fully saturated rings. The molecule has 0 spiro atoms. The highest BCUT2D eigenvalue weighted by atomic mass is 32.2. The average Bonchev–Trinajstić information content (AvgIpc) is 2.89. The largest absolute Gasteiger partial charge is 0.466 e. The van der Waals surface area contributed by atoms with Gasteiger partial charge in [0.15, 0.2) is 4.34 Å². The van der Waals surface area contributed by atoms with Crippen LogP contribution >= 0.6 is 23.1 Å². The van der Waals surface area contributed by atoms with Crippen LogP contribution in [0, 0.1) is 12.7 Å². The van der Waals surface area contributed by atoms with Gasteiger partial charge in [-0.15, -0.1) is 5.10 Å². The Hall–Kier alpha value is -1.67. The molecule has 0 bridgehead atoms. The second-order valence-electron chi connectivity index (χ2n) is 5.21. The van der Waals surface area contributed by atoms with Crippen LogP contribution in [-0.4, -0.2) is 27.5 Å². The molecule has 1 amide bonds. The van der Waals surface area contributed by atoms with Gasteiger partial charge in [-0.05, 0) is 56.7 Å². The molecule has 1 unspecified atom stereocenters. The van der Waals surface area contributed by atoms with Gasteiger partial charge in [0.05, 0.1) is 11.4 Å². The van der Waals surface area contributed by atoms with Crippen molar-refractivity contribution in [2.75, 3.05) is 5.32 Å². The Morgan fingerprint density at radius 3 is 2.78 bits per heavy atom. The summed E-state index contributed by atoms with van der Waals surface area (Å²) in [7, 11) is 0. The predicted molar refractivity (Wildman–Crippen MR) is 90.8 cm³/mol. The van der Waals surface area contributed by atoms with Gasteiger partial charge in [0.1, 0.15) is 5.82 Å². The molecule has 0 saturated carbocycles. The minimum absolute atomic E-state index is 0.0254. The van der Waals surface area contributed by atoms with Gasteiger partial charge in [-0.3, -0.25) is 4.79 Å². The molecule has 1 atom stereocenters. The second kappa shape index (κ2) is 7.74. The Labute approximate surface area is 142 Å². The van der Waals surface area contributed by atoms with Gasteiger partial charge in [0.25, 0.3) is 5.19 Å². The number of amides is 1. The maximum atomic E-state index is 13.3.